The lowest BCUT2D eigenvalue weighted by Gasteiger charge is -2.41. The van der Waals surface area contributed by atoms with Gasteiger partial charge >= 0.3 is 5.97 Å². The van der Waals surface area contributed by atoms with E-state index in [9.17, 15) is 4.79 Å². The molecule has 1 aromatic carbocycles. The zero-order valence-corrected chi connectivity index (χ0v) is 16.4. The van der Waals surface area contributed by atoms with Gasteiger partial charge in [0.25, 0.3) is 0 Å². The average Bonchev–Trinajstić information content (AvgIpc) is 2.66. The van der Waals surface area contributed by atoms with E-state index in [1.165, 1.54) is 37.7 Å². The van der Waals surface area contributed by atoms with Crippen molar-refractivity contribution in [2.45, 2.75) is 77.7 Å². The number of hydrogen-bond donors (Lipinski definition) is 0. The summed E-state index contributed by atoms with van der Waals surface area (Å²) < 4.78 is 11.7. The summed E-state index contributed by atoms with van der Waals surface area (Å²) in [5.74, 6) is 2.12. The monoisotopic (exact) mass is 358 g/mol. The summed E-state index contributed by atoms with van der Waals surface area (Å²) in [5, 5.41) is 0. The van der Waals surface area contributed by atoms with Crippen molar-refractivity contribution in [2.24, 2.45) is 17.8 Å². The summed E-state index contributed by atoms with van der Waals surface area (Å²) in [7, 11) is 0. The van der Waals surface area contributed by atoms with Crippen molar-refractivity contribution in [1.82, 2.24) is 0 Å². The van der Waals surface area contributed by atoms with Crippen molar-refractivity contribution in [3.63, 3.8) is 0 Å². The molecule has 0 heterocycles. The van der Waals surface area contributed by atoms with E-state index in [1.807, 2.05) is 31.2 Å². The normalized spacial score (nSPS) is 28.4. The largest absolute Gasteiger partial charge is 0.426 e. The maximum Gasteiger partial charge on any atom is 0.314 e. The van der Waals surface area contributed by atoms with Gasteiger partial charge in [0, 0.05) is 6.61 Å². The third-order valence-corrected chi connectivity index (χ3v) is 6.24. The first-order valence-corrected chi connectivity index (χ1v) is 10.6. The quantitative estimate of drug-likeness (QED) is 0.357. The predicted octanol–water partition coefficient (Wildman–Crippen LogP) is 5.69. The van der Waals surface area contributed by atoms with Gasteiger partial charge in [0.1, 0.15) is 5.75 Å². The molecular weight excluding hydrogens is 324 g/mol. The van der Waals surface area contributed by atoms with Gasteiger partial charge in [-0.15, -0.1) is 0 Å². The van der Waals surface area contributed by atoms with E-state index >= 15 is 0 Å². The number of fused-ring (bicyclic) bond motifs is 1. The van der Waals surface area contributed by atoms with Crippen LogP contribution < -0.4 is 4.74 Å². The fourth-order valence-electron chi connectivity index (χ4n) is 4.62. The molecule has 26 heavy (non-hydrogen) atoms. The molecule has 0 spiro atoms. The minimum absolute atomic E-state index is 0.0368. The molecule has 0 aromatic heterocycles. The SMILES string of the molecule is CCCCCOC1CCC2C[C@H](C(=O)Oc3ccc(C)cc3)CC[C@@H]2C1. The first kappa shape index (κ1) is 19.4. The Morgan fingerprint density at radius 2 is 1.73 bits per heavy atom. The van der Waals surface area contributed by atoms with E-state index in [0.717, 1.165) is 38.2 Å². The van der Waals surface area contributed by atoms with Crippen molar-refractivity contribution < 1.29 is 14.3 Å². The Morgan fingerprint density at radius 1 is 1.00 bits per heavy atom. The molecule has 2 aliphatic rings. The summed E-state index contributed by atoms with van der Waals surface area (Å²) in [4.78, 5) is 12.5. The molecule has 2 fully saturated rings. The molecule has 3 nitrogen and oxygen atoms in total. The van der Waals surface area contributed by atoms with E-state index in [1.54, 1.807) is 0 Å². The van der Waals surface area contributed by atoms with Gasteiger partial charge in [-0.05, 0) is 75.8 Å². The Labute approximate surface area is 158 Å². The van der Waals surface area contributed by atoms with Crippen LogP contribution in [0.15, 0.2) is 24.3 Å². The highest BCUT2D eigenvalue weighted by Gasteiger charge is 2.38. The topological polar surface area (TPSA) is 35.5 Å². The van der Waals surface area contributed by atoms with Gasteiger partial charge in [0.15, 0.2) is 0 Å². The smallest absolute Gasteiger partial charge is 0.314 e. The Morgan fingerprint density at radius 3 is 2.50 bits per heavy atom. The molecule has 0 amide bonds. The fraction of sp³-hybridized carbons (Fsp3) is 0.696. The van der Waals surface area contributed by atoms with Crippen LogP contribution in [0.25, 0.3) is 0 Å². The number of esters is 1. The average molecular weight is 359 g/mol. The van der Waals surface area contributed by atoms with Crippen LogP contribution in [-0.2, 0) is 9.53 Å². The number of carbonyl (C=O) groups excluding carboxylic acids is 1. The number of carbonyl (C=O) groups is 1. The summed E-state index contributed by atoms with van der Waals surface area (Å²) in [6.07, 6.45) is 10.8. The van der Waals surface area contributed by atoms with Crippen LogP contribution in [0.5, 0.6) is 5.75 Å². The lowest BCUT2D eigenvalue weighted by atomic mass is 9.67. The van der Waals surface area contributed by atoms with Gasteiger partial charge in [-0.2, -0.15) is 0 Å². The van der Waals surface area contributed by atoms with E-state index in [0.29, 0.717) is 17.8 Å². The van der Waals surface area contributed by atoms with Gasteiger partial charge in [-0.1, -0.05) is 37.5 Å². The molecule has 0 bridgehead atoms. The summed E-state index contributed by atoms with van der Waals surface area (Å²) in [6.45, 7) is 5.19. The van der Waals surface area contributed by atoms with Crippen LogP contribution in [0.1, 0.15) is 70.3 Å². The highest BCUT2D eigenvalue weighted by molar-refractivity contribution is 5.75. The molecule has 0 aliphatic heterocycles. The molecule has 1 aromatic rings. The number of ether oxygens (including phenoxy) is 2. The fourth-order valence-corrected chi connectivity index (χ4v) is 4.62. The highest BCUT2D eigenvalue weighted by Crippen LogP contribution is 2.43. The van der Waals surface area contributed by atoms with Crippen LogP contribution >= 0.6 is 0 Å². The van der Waals surface area contributed by atoms with E-state index in [-0.39, 0.29) is 11.9 Å². The van der Waals surface area contributed by atoms with E-state index in [4.69, 9.17) is 9.47 Å². The van der Waals surface area contributed by atoms with Crippen LogP contribution in [0.2, 0.25) is 0 Å². The number of benzene rings is 1. The summed E-state index contributed by atoms with van der Waals surface area (Å²) in [6, 6.07) is 7.75. The second kappa shape index (κ2) is 9.55. The third-order valence-electron chi connectivity index (χ3n) is 6.24. The Balaban J connectivity index is 1.44. The van der Waals surface area contributed by atoms with Gasteiger partial charge in [0.05, 0.1) is 12.0 Å². The number of unbranched alkanes of at least 4 members (excludes halogenated alkanes) is 2. The molecular formula is C23H34O3. The van der Waals surface area contributed by atoms with Gasteiger partial charge in [-0.3, -0.25) is 4.79 Å². The Hall–Kier alpha value is -1.35. The molecule has 0 saturated heterocycles. The second-order valence-corrected chi connectivity index (χ2v) is 8.28. The first-order chi connectivity index (χ1) is 12.7. The molecule has 3 heteroatoms. The Kier molecular flexibility index (Phi) is 7.13. The third kappa shape index (κ3) is 5.33. The van der Waals surface area contributed by atoms with Crippen molar-refractivity contribution >= 4 is 5.97 Å². The molecule has 2 aliphatic carbocycles. The van der Waals surface area contributed by atoms with Crippen molar-refractivity contribution in [3.05, 3.63) is 29.8 Å². The molecule has 144 valence electrons. The minimum Gasteiger partial charge on any atom is -0.426 e. The van der Waals surface area contributed by atoms with Crippen LogP contribution in [-0.4, -0.2) is 18.7 Å². The van der Waals surface area contributed by atoms with E-state index in [2.05, 4.69) is 6.92 Å². The predicted molar refractivity (Wildman–Crippen MR) is 104 cm³/mol. The number of aryl methyl sites for hydroxylation is 1. The van der Waals surface area contributed by atoms with Gasteiger partial charge in [0.2, 0.25) is 0 Å². The van der Waals surface area contributed by atoms with Crippen LogP contribution in [0, 0.1) is 24.7 Å². The molecule has 2 unspecified atom stereocenters. The van der Waals surface area contributed by atoms with E-state index < -0.39 is 0 Å². The van der Waals surface area contributed by atoms with Crippen molar-refractivity contribution in [3.8, 4) is 5.75 Å². The molecule has 3 rings (SSSR count). The molecule has 0 radical (unpaired) electrons. The second-order valence-electron chi connectivity index (χ2n) is 8.28. The lowest BCUT2D eigenvalue weighted by Crippen LogP contribution is -2.37. The minimum atomic E-state index is -0.0368. The highest BCUT2D eigenvalue weighted by atomic mass is 16.5. The number of rotatable bonds is 7. The first-order valence-electron chi connectivity index (χ1n) is 10.6. The zero-order valence-electron chi connectivity index (χ0n) is 16.4. The maximum absolute atomic E-state index is 12.5. The number of hydrogen-bond acceptors (Lipinski definition) is 3. The lowest BCUT2D eigenvalue weighted by molar-refractivity contribution is -0.141. The van der Waals surface area contributed by atoms with Gasteiger partial charge < -0.3 is 9.47 Å². The van der Waals surface area contributed by atoms with Crippen LogP contribution in [0.3, 0.4) is 0 Å². The Bertz CT molecular complexity index is 565. The van der Waals surface area contributed by atoms with Crippen molar-refractivity contribution in [2.75, 3.05) is 6.61 Å². The summed E-state index contributed by atoms with van der Waals surface area (Å²) in [5.41, 5.74) is 1.18. The van der Waals surface area contributed by atoms with Crippen LogP contribution in [0.4, 0.5) is 0 Å². The standard InChI is InChI=1S/C23H34O3/c1-3-4-5-14-25-22-13-10-18-15-20(9-8-19(18)16-22)23(24)26-21-11-6-17(2)7-12-21/h6-7,11-12,18-20,22H,3-5,8-10,13-16H2,1-2H3/t18?,19-,20-,22?/m1/s1. The maximum atomic E-state index is 12.5. The summed E-state index contributed by atoms with van der Waals surface area (Å²) >= 11 is 0. The molecule has 4 atom stereocenters. The van der Waals surface area contributed by atoms with Crippen molar-refractivity contribution in [1.29, 1.82) is 0 Å². The van der Waals surface area contributed by atoms with Gasteiger partial charge in [-0.25, -0.2) is 0 Å². The molecule has 0 N–H and O–H groups in total. The zero-order chi connectivity index (χ0) is 18.4. The molecule has 2 saturated carbocycles.